The second kappa shape index (κ2) is 5.80. The van der Waals surface area contributed by atoms with Crippen LogP contribution < -0.4 is 5.73 Å². The van der Waals surface area contributed by atoms with Crippen LogP contribution in [0.2, 0.25) is 0 Å². The molecule has 2 rings (SSSR count). The van der Waals surface area contributed by atoms with Crippen molar-refractivity contribution in [1.82, 2.24) is 0 Å². The maximum Gasteiger partial charge on any atom is 0.163 e. The Labute approximate surface area is 119 Å². The Balaban J connectivity index is 2.28. The van der Waals surface area contributed by atoms with E-state index in [0.717, 1.165) is 10.0 Å². The van der Waals surface area contributed by atoms with Crippen LogP contribution in [0.5, 0.6) is 0 Å². The summed E-state index contributed by atoms with van der Waals surface area (Å²) in [5.74, 6) is -1.67. The number of hydrogen-bond donors (Lipinski definition) is 1. The van der Waals surface area contributed by atoms with Crippen LogP contribution >= 0.6 is 15.9 Å². The SMILES string of the molecule is Cc1ccc(C(N)Cc2ccccc2Br)c(F)c1F. The van der Waals surface area contributed by atoms with Gasteiger partial charge < -0.3 is 5.73 Å². The number of rotatable bonds is 3. The van der Waals surface area contributed by atoms with Gasteiger partial charge in [0.25, 0.3) is 0 Å². The minimum Gasteiger partial charge on any atom is -0.324 e. The minimum atomic E-state index is -0.848. The predicted molar refractivity (Wildman–Crippen MR) is 75.9 cm³/mol. The lowest BCUT2D eigenvalue weighted by Crippen LogP contribution is -2.16. The van der Waals surface area contributed by atoms with Crippen molar-refractivity contribution < 1.29 is 8.78 Å². The standard InChI is InChI=1S/C15H14BrF2N/c1-9-6-7-11(15(18)14(9)17)13(19)8-10-4-2-3-5-12(10)16/h2-7,13H,8,19H2,1H3. The third-order valence-corrected chi connectivity index (χ3v) is 3.88. The predicted octanol–water partition coefficient (Wildman–Crippen LogP) is 4.28. The van der Waals surface area contributed by atoms with E-state index in [1.54, 1.807) is 12.1 Å². The van der Waals surface area contributed by atoms with Gasteiger partial charge in [0.1, 0.15) is 0 Å². The molecular formula is C15H14BrF2N. The van der Waals surface area contributed by atoms with Crippen LogP contribution in [0.1, 0.15) is 22.7 Å². The molecule has 0 aliphatic carbocycles. The lowest BCUT2D eigenvalue weighted by atomic mass is 9.98. The highest BCUT2D eigenvalue weighted by Crippen LogP contribution is 2.25. The van der Waals surface area contributed by atoms with Crippen molar-refractivity contribution in [1.29, 1.82) is 0 Å². The van der Waals surface area contributed by atoms with Gasteiger partial charge in [0.2, 0.25) is 0 Å². The molecule has 0 aliphatic rings. The van der Waals surface area contributed by atoms with Crippen molar-refractivity contribution in [3.05, 3.63) is 69.2 Å². The summed E-state index contributed by atoms with van der Waals surface area (Å²) < 4.78 is 28.3. The van der Waals surface area contributed by atoms with Gasteiger partial charge in [-0.3, -0.25) is 0 Å². The molecule has 2 aromatic rings. The molecule has 0 bridgehead atoms. The second-order valence-corrected chi connectivity index (χ2v) is 5.36. The van der Waals surface area contributed by atoms with E-state index >= 15 is 0 Å². The van der Waals surface area contributed by atoms with E-state index in [0.29, 0.717) is 6.42 Å². The highest BCUT2D eigenvalue weighted by Gasteiger charge is 2.17. The number of aryl methyl sites for hydroxylation is 1. The smallest absolute Gasteiger partial charge is 0.163 e. The van der Waals surface area contributed by atoms with Crippen LogP contribution in [0, 0.1) is 18.6 Å². The zero-order valence-corrected chi connectivity index (χ0v) is 12.0. The van der Waals surface area contributed by atoms with E-state index in [9.17, 15) is 8.78 Å². The van der Waals surface area contributed by atoms with Crippen LogP contribution in [-0.2, 0) is 6.42 Å². The van der Waals surface area contributed by atoms with Crippen molar-refractivity contribution in [2.24, 2.45) is 5.73 Å². The summed E-state index contributed by atoms with van der Waals surface area (Å²) in [4.78, 5) is 0. The number of benzene rings is 2. The fourth-order valence-corrected chi connectivity index (χ4v) is 2.40. The molecule has 4 heteroatoms. The zero-order valence-electron chi connectivity index (χ0n) is 10.5. The Morgan fingerprint density at radius 3 is 2.47 bits per heavy atom. The van der Waals surface area contributed by atoms with Crippen LogP contribution in [0.15, 0.2) is 40.9 Å². The second-order valence-electron chi connectivity index (χ2n) is 4.50. The Morgan fingerprint density at radius 1 is 1.11 bits per heavy atom. The summed E-state index contributed by atoms with van der Waals surface area (Å²) in [6, 6.07) is 10.1. The average molecular weight is 326 g/mol. The van der Waals surface area contributed by atoms with Gasteiger partial charge in [-0.15, -0.1) is 0 Å². The Bertz CT molecular complexity index is 599. The Morgan fingerprint density at radius 2 is 1.79 bits per heavy atom. The molecule has 0 radical (unpaired) electrons. The van der Waals surface area contributed by atoms with Gasteiger partial charge in [-0.25, -0.2) is 8.78 Å². The average Bonchev–Trinajstić information content (AvgIpc) is 2.39. The summed E-state index contributed by atoms with van der Waals surface area (Å²) in [6.45, 7) is 1.53. The number of halogens is 3. The first-order chi connectivity index (χ1) is 9.00. The maximum absolute atomic E-state index is 13.8. The van der Waals surface area contributed by atoms with E-state index in [1.807, 2.05) is 24.3 Å². The normalized spacial score (nSPS) is 12.5. The lowest BCUT2D eigenvalue weighted by Gasteiger charge is -2.15. The summed E-state index contributed by atoms with van der Waals surface area (Å²) in [7, 11) is 0. The molecule has 0 spiro atoms. The van der Waals surface area contributed by atoms with Crippen LogP contribution in [-0.4, -0.2) is 0 Å². The van der Waals surface area contributed by atoms with E-state index in [1.165, 1.54) is 6.92 Å². The molecule has 1 nitrogen and oxygen atoms in total. The van der Waals surface area contributed by atoms with Crippen LogP contribution in [0.4, 0.5) is 8.78 Å². The van der Waals surface area contributed by atoms with E-state index in [4.69, 9.17) is 5.73 Å². The van der Waals surface area contributed by atoms with Crippen molar-refractivity contribution >= 4 is 15.9 Å². The third-order valence-electron chi connectivity index (χ3n) is 3.10. The first-order valence-electron chi connectivity index (χ1n) is 5.94. The molecule has 0 saturated carbocycles. The Kier molecular flexibility index (Phi) is 4.32. The molecule has 0 saturated heterocycles. The maximum atomic E-state index is 13.8. The molecule has 2 N–H and O–H groups in total. The molecule has 0 heterocycles. The first kappa shape index (κ1) is 14.2. The lowest BCUT2D eigenvalue weighted by molar-refractivity contribution is 0.483. The van der Waals surface area contributed by atoms with Crippen LogP contribution in [0.25, 0.3) is 0 Å². The molecule has 0 amide bonds. The topological polar surface area (TPSA) is 26.0 Å². The van der Waals surface area contributed by atoms with Gasteiger partial charge >= 0.3 is 0 Å². The first-order valence-corrected chi connectivity index (χ1v) is 6.73. The highest BCUT2D eigenvalue weighted by atomic mass is 79.9. The molecule has 19 heavy (non-hydrogen) atoms. The Hall–Kier alpha value is -1.26. The summed E-state index contributed by atoms with van der Waals surface area (Å²) in [6.07, 6.45) is 0.445. The fourth-order valence-electron chi connectivity index (χ4n) is 1.96. The molecular weight excluding hydrogens is 312 g/mol. The van der Waals surface area contributed by atoms with E-state index in [2.05, 4.69) is 15.9 Å². The van der Waals surface area contributed by atoms with Crippen LogP contribution in [0.3, 0.4) is 0 Å². The molecule has 1 atom stereocenters. The molecule has 0 aliphatic heterocycles. The molecule has 2 aromatic carbocycles. The van der Waals surface area contributed by atoms with Crippen molar-refractivity contribution in [3.8, 4) is 0 Å². The zero-order chi connectivity index (χ0) is 14.0. The van der Waals surface area contributed by atoms with E-state index < -0.39 is 17.7 Å². The van der Waals surface area contributed by atoms with Gasteiger partial charge in [0.05, 0.1) is 0 Å². The molecule has 0 fully saturated rings. The largest absolute Gasteiger partial charge is 0.324 e. The quantitative estimate of drug-likeness (QED) is 0.895. The van der Waals surface area contributed by atoms with Crippen molar-refractivity contribution in [2.45, 2.75) is 19.4 Å². The van der Waals surface area contributed by atoms with Gasteiger partial charge in [-0.05, 0) is 30.5 Å². The summed E-state index contributed by atoms with van der Waals surface area (Å²) >= 11 is 3.42. The molecule has 0 aromatic heterocycles. The van der Waals surface area contributed by atoms with Crippen molar-refractivity contribution in [3.63, 3.8) is 0 Å². The fraction of sp³-hybridized carbons (Fsp3) is 0.200. The van der Waals surface area contributed by atoms with Crippen molar-refractivity contribution in [2.75, 3.05) is 0 Å². The van der Waals surface area contributed by atoms with E-state index in [-0.39, 0.29) is 11.1 Å². The molecule has 100 valence electrons. The minimum absolute atomic E-state index is 0.207. The monoisotopic (exact) mass is 325 g/mol. The number of hydrogen-bond acceptors (Lipinski definition) is 1. The highest BCUT2D eigenvalue weighted by molar-refractivity contribution is 9.10. The van der Waals surface area contributed by atoms with Gasteiger partial charge in [0.15, 0.2) is 11.6 Å². The third kappa shape index (κ3) is 3.01. The van der Waals surface area contributed by atoms with Gasteiger partial charge in [-0.1, -0.05) is 46.3 Å². The van der Waals surface area contributed by atoms with Gasteiger partial charge in [-0.2, -0.15) is 0 Å². The summed E-state index contributed by atoms with van der Waals surface area (Å²) in [5, 5.41) is 0. The summed E-state index contributed by atoms with van der Waals surface area (Å²) in [5.41, 5.74) is 7.45. The van der Waals surface area contributed by atoms with Gasteiger partial charge in [0, 0.05) is 16.1 Å². The number of nitrogens with two attached hydrogens (primary N) is 1. The molecule has 1 unspecified atom stereocenters.